The standard InChI is InChI=1S/C6H12O3/c1-4-6(2,3)5(7)9-8/h8H,4H2,1-3H3. The zero-order valence-corrected chi connectivity index (χ0v) is 5.97. The SMILES string of the molecule is CCC(C)(C)C(=O)OO. The molecule has 0 aromatic rings. The summed E-state index contributed by atoms with van der Waals surface area (Å²) in [5.41, 5.74) is -0.561. The van der Waals surface area contributed by atoms with E-state index < -0.39 is 11.4 Å². The van der Waals surface area contributed by atoms with E-state index in [1.807, 2.05) is 6.92 Å². The summed E-state index contributed by atoms with van der Waals surface area (Å²) < 4.78 is 0. The summed E-state index contributed by atoms with van der Waals surface area (Å²) in [6, 6.07) is 0. The summed E-state index contributed by atoms with van der Waals surface area (Å²) in [5, 5.41) is 7.95. The highest BCUT2D eigenvalue weighted by atomic mass is 17.1. The van der Waals surface area contributed by atoms with Gasteiger partial charge in [0.25, 0.3) is 0 Å². The molecule has 0 saturated carbocycles. The highest BCUT2D eigenvalue weighted by Gasteiger charge is 2.27. The van der Waals surface area contributed by atoms with Gasteiger partial charge in [-0.1, -0.05) is 6.92 Å². The quantitative estimate of drug-likeness (QED) is 0.456. The van der Waals surface area contributed by atoms with Crippen molar-refractivity contribution in [2.24, 2.45) is 5.41 Å². The van der Waals surface area contributed by atoms with Crippen LogP contribution >= 0.6 is 0 Å². The molecule has 0 radical (unpaired) electrons. The van der Waals surface area contributed by atoms with Crippen molar-refractivity contribution in [1.29, 1.82) is 0 Å². The molecule has 1 N–H and O–H groups in total. The summed E-state index contributed by atoms with van der Waals surface area (Å²) in [7, 11) is 0. The molecule has 9 heavy (non-hydrogen) atoms. The number of hydrogen-bond donors (Lipinski definition) is 1. The van der Waals surface area contributed by atoms with Crippen molar-refractivity contribution in [3.63, 3.8) is 0 Å². The fourth-order valence-corrected chi connectivity index (χ4v) is 0.268. The smallest absolute Gasteiger partial charge is 0.300 e. The molecule has 54 valence electrons. The molecule has 0 fully saturated rings. The maximum atomic E-state index is 10.6. The molecule has 0 rings (SSSR count). The third-order valence-electron chi connectivity index (χ3n) is 1.52. The minimum Gasteiger partial charge on any atom is -0.300 e. The van der Waals surface area contributed by atoms with Crippen LogP contribution in [0.2, 0.25) is 0 Å². The monoisotopic (exact) mass is 132 g/mol. The van der Waals surface area contributed by atoms with E-state index >= 15 is 0 Å². The van der Waals surface area contributed by atoms with E-state index in [1.165, 1.54) is 0 Å². The Bertz CT molecular complexity index is 107. The van der Waals surface area contributed by atoms with Crippen molar-refractivity contribution >= 4 is 5.97 Å². The van der Waals surface area contributed by atoms with Crippen LogP contribution < -0.4 is 0 Å². The Kier molecular flexibility index (Phi) is 2.65. The van der Waals surface area contributed by atoms with Gasteiger partial charge in [0.15, 0.2) is 0 Å². The Morgan fingerprint density at radius 1 is 1.67 bits per heavy atom. The second-order valence-corrected chi connectivity index (χ2v) is 2.62. The zero-order valence-electron chi connectivity index (χ0n) is 5.97. The number of hydrogen-bond acceptors (Lipinski definition) is 3. The van der Waals surface area contributed by atoms with Gasteiger partial charge in [-0.05, 0) is 20.3 Å². The molecule has 0 atom stereocenters. The van der Waals surface area contributed by atoms with Crippen molar-refractivity contribution in [1.82, 2.24) is 0 Å². The van der Waals surface area contributed by atoms with Gasteiger partial charge in [-0.15, -0.1) is 0 Å². The molecular weight excluding hydrogens is 120 g/mol. The predicted octanol–water partition coefficient (Wildman–Crippen LogP) is 1.44. The summed E-state index contributed by atoms with van der Waals surface area (Å²) in [5.74, 6) is -0.579. The van der Waals surface area contributed by atoms with Crippen LogP contribution in [0.3, 0.4) is 0 Å². The maximum absolute atomic E-state index is 10.6. The summed E-state index contributed by atoms with van der Waals surface area (Å²) in [6.07, 6.45) is 0.659. The lowest BCUT2D eigenvalue weighted by molar-refractivity contribution is -0.244. The first-order valence-corrected chi connectivity index (χ1v) is 2.90. The fraction of sp³-hybridized carbons (Fsp3) is 0.833. The van der Waals surface area contributed by atoms with Gasteiger partial charge in [-0.2, -0.15) is 5.26 Å². The van der Waals surface area contributed by atoms with Crippen molar-refractivity contribution in [3.05, 3.63) is 0 Å². The van der Waals surface area contributed by atoms with Gasteiger partial charge in [-0.25, -0.2) is 4.79 Å². The number of carbonyl (C=O) groups excluding carboxylic acids is 1. The Balaban J connectivity index is 3.97. The van der Waals surface area contributed by atoms with Gasteiger partial charge >= 0.3 is 5.97 Å². The molecule has 0 aliphatic rings. The van der Waals surface area contributed by atoms with Crippen molar-refractivity contribution in [3.8, 4) is 0 Å². The Morgan fingerprint density at radius 2 is 2.11 bits per heavy atom. The van der Waals surface area contributed by atoms with E-state index in [9.17, 15) is 4.79 Å². The van der Waals surface area contributed by atoms with Gasteiger partial charge < -0.3 is 4.89 Å². The third kappa shape index (κ3) is 2.01. The van der Waals surface area contributed by atoms with E-state index in [2.05, 4.69) is 4.89 Å². The van der Waals surface area contributed by atoms with Crippen LogP contribution in [0.1, 0.15) is 27.2 Å². The van der Waals surface area contributed by atoms with Crippen LogP contribution in [-0.2, 0) is 9.68 Å². The molecule has 0 aromatic carbocycles. The molecule has 3 nitrogen and oxygen atoms in total. The molecule has 3 heteroatoms. The Labute approximate surface area is 54.6 Å². The van der Waals surface area contributed by atoms with Crippen LogP contribution in [0.4, 0.5) is 0 Å². The average molecular weight is 132 g/mol. The van der Waals surface area contributed by atoms with Gasteiger partial charge in [-0.3, -0.25) is 0 Å². The number of rotatable bonds is 2. The second-order valence-electron chi connectivity index (χ2n) is 2.62. The zero-order chi connectivity index (χ0) is 7.49. The number of carbonyl (C=O) groups is 1. The van der Waals surface area contributed by atoms with E-state index in [4.69, 9.17) is 5.26 Å². The van der Waals surface area contributed by atoms with Crippen LogP contribution in [0.15, 0.2) is 0 Å². The molecule has 0 unspecified atom stereocenters. The van der Waals surface area contributed by atoms with Crippen molar-refractivity contribution in [2.75, 3.05) is 0 Å². The van der Waals surface area contributed by atoms with Crippen molar-refractivity contribution < 1.29 is 14.9 Å². The summed E-state index contributed by atoms with van der Waals surface area (Å²) in [6.45, 7) is 5.29. The Morgan fingerprint density at radius 3 is 2.22 bits per heavy atom. The fourth-order valence-electron chi connectivity index (χ4n) is 0.268. The second kappa shape index (κ2) is 2.82. The minimum atomic E-state index is -0.579. The lowest BCUT2D eigenvalue weighted by Crippen LogP contribution is -2.24. The lowest BCUT2D eigenvalue weighted by atomic mass is 9.91. The maximum Gasteiger partial charge on any atom is 0.347 e. The highest BCUT2D eigenvalue weighted by molar-refractivity contribution is 5.75. The average Bonchev–Trinajstić information content (AvgIpc) is 1.86. The molecular formula is C6H12O3. The van der Waals surface area contributed by atoms with Crippen LogP contribution in [0, 0.1) is 5.41 Å². The summed E-state index contributed by atoms with van der Waals surface area (Å²) in [4.78, 5) is 14.2. The van der Waals surface area contributed by atoms with Gasteiger partial charge in [0.1, 0.15) is 0 Å². The lowest BCUT2D eigenvalue weighted by Gasteiger charge is -2.16. The van der Waals surface area contributed by atoms with Gasteiger partial charge in [0.2, 0.25) is 0 Å². The first-order valence-electron chi connectivity index (χ1n) is 2.90. The van der Waals surface area contributed by atoms with Crippen LogP contribution in [0.5, 0.6) is 0 Å². The van der Waals surface area contributed by atoms with Crippen LogP contribution in [-0.4, -0.2) is 11.2 Å². The first-order chi connectivity index (χ1) is 4.04. The summed E-state index contributed by atoms with van der Waals surface area (Å²) >= 11 is 0. The predicted molar refractivity (Wildman–Crippen MR) is 32.8 cm³/mol. The minimum absolute atomic E-state index is 0.561. The van der Waals surface area contributed by atoms with Gasteiger partial charge in [0, 0.05) is 0 Å². The first kappa shape index (κ1) is 8.43. The van der Waals surface area contributed by atoms with E-state index in [1.54, 1.807) is 13.8 Å². The largest absolute Gasteiger partial charge is 0.347 e. The normalized spacial score (nSPS) is 11.1. The Hall–Kier alpha value is -0.570. The highest BCUT2D eigenvalue weighted by Crippen LogP contribution is 2.20. The van der Waals surface area contributed by atoms with E-state index in [0.29, 0.717) is 6.42 Å². The van der Waals surface area contributed by atoms with E-state index in [0.717, 1.165) is 0 Å². The molecule has 0 aromatic heterocycles. The van der Waals surface area contributed by atoms with E-state index in [-0.39, 0.29) is 0 Å². The van der Waals surface area contributed by atoms with Crippen LogP contribution in [0.25, 0.3) is 0 Å². The van der Waals surface area contributed by atoms with Crippen molar-refractivity contribution in [2.45, 2.75) is 27.2 Å². The molecule has 0 heterocycles. The topological polar surface area (TPSA) is 46.5 Å². The molecule has 0 aliphatic heterocycles. The molecule has 0 bridgehead atoms. The molecule has 0 saturated heterocycles. The molecule has 0 amide bonds. The third-order valence-corrected chi connectivity index (χ3v) is 1.52. The van der Waals surface area contributed by atoms with Gasteiger partial charge in [0.05, 0.1) is 5.41 Å². The molecule has 0 aliphatic carbocycles. The molecule has 0 spiro atoms.